The van der Waals surface area contributed by atoms with E-state index in [-0.39, 0.29) is 5.88 Å². The van der Waals surface area contributed by atoms with Gasteiger partial charge in [0.15, 0.2) is 0 Å². The Bertz CT molecular complexity index is 471. The fraction of sp³-hybridized carbons (Fsp3) is 0.154. The molecular weight excluding hydrogens is 222 g/mol. The van der Waals surface area contributed by atoms with Crippen molar-refractivity contribution in [3.8, 4) is 5.88 Å². The fourth-order valence-electron chi connectivity index (χ4n) is 1.53. The minimum absolute atomic E-state index is 0.0905. The Labute approximate surface area is 99.5 Å². The summed E-state index contributed by atoms with van der Waals surface area (Å²) in [5.41, 5.74) is 2.12. The summed E-state index contributed by atoms with van der Waals surface area (Å²) in [6.07, 6.45) is 1.71. The van der Waals surface area contributed by atoms with E-state index in [9.17, 15) is 5.11 Å². The van der Waals surface area contributed by atoms with Gasteiger partial charge in [-0.3, -0.25) is 0 Å². The van der Waals surface area contributed by atoms with Crippen LogP contribution in [0.4, 0.5) is 0 Å². The first-order valence-corrected chi connectivity index (χ1v) is 5.52. The Morgan fingerprint density at radius 2 is 1.75 bits per heavy atom. The predicted molar refractivity (Wildman–Crippen MR) is 64.8 cm³/mol. The quantitative estimate of drug-likeness (QED) is 0.883. The van der Waals surface area contributed by atoms with Crippen molar-refractivity contribution in [1.82, 2.24) is 4.98 Å². The van der Waals surface area contributed by atoms with Crippen LogP contribution in [0.25, 0.3) is 0 Å². The Morgan fingerprint density at radius 1 is 1.00 bits per heavy atom. The molecule has 82 valence electrons. The first kappa shape index (κ1) is 11.0. The Morgan fingerprint density at radius 3 is 2.44 bits per heavy atom. The van der Waals surface area contributed by atoms with Gasteiger partial charge in [0.2, 0.25) is 5.88 Å². The molecule has 3 heteroatoms. The Hall–Kier alpha value is -1.54. The van der Waals surface area contributed by atoms with Gasteiger partial charge in [-0.1, -0.05) is 41.9 Å². The molecule has 2 rings (SSSR count). The van der Waals surface area contributed by atoms with Crippen molar-refractivity contribution >= 4 is 11.6 Å². The highest BCUT2D eigenvalue weighted by Gasteiger charge is 2.02. The molecule has 0 bridgehead atoms. The van der Waals surface area contributed by atoms with Crippen molar-refractivity contribution in [3.63, 3.8) is 0 Å². The molecule has 0 saturated carbocycles. The van der Waals surface area contributed by atoms with E-state index < -0.39 is 0 Å². The smallest absolute Gasteiger partial charge is 0.230 e. The van der Waals surface area contributed by atoms with Gasteiger partial charge in [-0.05, 0) is 30.5 Å². The number of aromatic nitrogens is 1. The van der Waals surface area contributed by atoms with Crippen LogP contribution in [-0.2, 0) is 12.8 Å². The van der Waals surface area contributed by atoms with E-state index in [2.05, 4.69) is 17.1 Å². The Kier molecular flexibility index (Phi) is 3.42. The van der Waals surface area contributed by atoms with E-state index in [4.69, 9.17) is 11.6 Å². The standard InChI is InChI=1S/C13H12ClNO/c14-12-9-8-11(15-13(12)16)7-6-10-4-2-1-3-5-10/h1-5,8-9H,6-7H2,(H,15,16). The zero-order valence-electron chi connectivity index (χ0n) is 8.73. The lowest BCUT2D eigenvalue weighted by atomic mass is 10.1. The van der Waals surface area contributed by atoms with Gasteiger partial charge in [-0.2, -0.15) is 0 Å². The minimum atomic E-state index is -0.0905. The summed E-state index contributed by atoms with van der Waals surface area (Å²) in [5.74, 6) is -0.0905. The van der Waals surface area contributed by atoms with Crippen LogP contribution in [-0.4, -0.2) is 10.1 Å². The molecule has 0 amide bonds. The lowest BCUT2D eigenvalue weighted by molar-refractivity contribution is 0.451. The maximum Gasteiger partial charge on any atom is 0.230 e. The largest absolute Gasteiger partial charge is 0.492 e. The predicted octanol–water partition coefficient (Wildman–Crippen LogP) is 3.23. The second kappa shape index (κ2) is 4.99. The molecule has 2 aromatic rings. The summed E-state index contributed by atoms with van der Waals surface area (Å²) in [7, 11) is 0. The summed E-state index contributed by atoms with van der Waals surface area (Å²) in [4.78, 5) is 4.01. The molecule has 16 heavy (non-hydrogen) atoms. The van der Waals surface area contributed by atoms with Crippen LogP contribution in [0.2, 0.25) is 5.02 Å². The zero-order valence-corrected chi connectivity index (χ0v) is 9.48. The lowest BCUT2D eigenvalue weighted by Gasteiger charge is -2.02. The average molecular weight is 234 g/mol. The van der Waals surface area contributed by atoms with E-state index in [1.54, 1.807) is 6.07 Å². The molecule has 0 aliphatic carbocycles. The van der Waals surface area contributed by atoms with Crippen LogP contribution < -0.4 is 0 Å². The van der Waals surface area contributed by atoms with E-state index in [0.29, 0.717) is 5.02 Å². The summed E-state index contributed by atoms with van der Waals surface area (Å²) in [6, 6.07) is 13.7. The van der Waals surface area contributed by atoms with Gasteiger partial charge in [-0.25, -0.2) is 4.98 Å². The van der Waals surface area contributed by atoms with Crippen molar-refractivity contribution in [2.75, 3.05) is 0 Å². The van der Waals surface area contributed by atoms with Gasteiger partial charge in [-0.15, -0.1) is 0 Å². The normalized spacial score (nSPS) is 10.3. The molecule has 0 saturated heterocycles. The number of pyridine rings is 1. The average Bonchev–Trinajstić information content (AvgIpc) is 2.32. The van der Waals surface area contributed by atoms with Gasteiger partial charge in [0, 0.05) is 5.69 Å². The number of rotatable bonds is 3. The molecule has 1 aromatic heterocycles. The summed E-state index contributed by atoms with van der Waals surface area (Å²) >= 11 is 5.69. The summed E-state index contributed by atoms with van der Waals surface area (Å²) < 4.78 is 0. The molecule has 0 radical (unpaired) electrons. The number of hydrogen-bond donors (Lipinski definition) is 1. The van der Waals surface area contributed by atoms with Gasteiger partial charge < -0.3 is 5.11 Å². The molecule has 1 aromatic carbocycles. The molecular formula is C13H12ClNO. The van der Waals surface area contributed by atoms with Gasteiger partial charge in [0.05, 0.1) is 0 Å². The van der Waals surface area contributed by atoms with Crippen molar-refractivity contribution < 1.29 is 5.11 Å². The van der Waals surface area contributed by atoms with Gasteiger partial charge in [0.25, 0.3) is 0 Å². The number of aryl methyl sites for hydroxylation is 2. The first-order valence-electron chi connectivity index (χ1n) is 5.14. The van der Waals surface area contributed by atoms with Crippen molar-refractivity contribution in [3.05, 3.63) is 58.7 Å². The van der Waals surface area contributed by atoms with Crippen molar-refractivity contribution in [1.29, 1.82) is 0 Å². The molecule has 0 fully saturated rings. The van der Waals surface area contributed by atoms with Crippen LogP contribution in [0.1, 0.15) is 11.3 Å². The van der Waals surface area contributed by atoms with Gasteiger partial charge in [0.1, 0.15) is 5.02 Å². The van der Waals surface area contributed by atoms with Gasteiger partial charge >= 0.3 is 0 Å². The fourth-order valence-corrected chi connectivity index (χ4v) is 1.63. The molecule has 1 N–H and O–H groups in total. The SMILES string of the molecule is Oc1nc(CCc2ccccc2)ccc1Cl. The Balaban J connectivity index is 2.03. The maximum absolute atomic E-state index is 9.35. The van der Waals surface area contributed by atoms with Crippen molar-refractivity contribution in [2.24, 2.45) is 0 Å². The highest BCUT2D eigenvalue weighted by atomic mass is 35.5. The molecule has 0 aliphatic heterocycles. The monoisotopic (exact) mass is 233 g/mol. The minimum Gasteiger partial charge on any atom is -0.492 e. The number of aromatic hydroxyl groups is 1. The third kappa shape index (κ3) is 2.74. The van der Waals surface area contributed by atoms with E-state index >= 15 is 0 Å². The molecule has 0 aliphatic rings. The highest BCUT2D eigenvalue weighted by Crippen LogP contribution is 2.20. The second-order valence-electron chi connectivity index (χ2n) is 3.59. The van der Waals surface area contributed by atoms with Crippen LogP contribution >= 0.6 is 11.6 Å². The molecule has 0 unspecified atom stereocenters. The first-order chi connectivity index (χ1) is 7.75. The summed E-state index contributed by atoms with van der Waals surface area (Å²) in [5, 5.41) is 9.65. The van der Waals surface area contributed by atoms with Crippen LogP contribution in [0.15, 0.2) is 42.5 Å². The third-order valence-corrected chi connectivity index (χ3v) is 2.69. The topological polar surface area (TPSA) is 33.1 Å². The maximum atomic E-state index is 9.35. The molecule has 0 spiro atoms. The second-order valence-corrected chi connectivity index (χ2v) is 4.00. The number of halogens is 1. The lowest BCUT2D eigenvalue weighted by Crippen LogP contribution is -1.94. The number of benzene rings is 1. The van der Waals surface area contributed by atoms with E-state index in [1.165, 1.54) is 5.56 Å². The highest BCUT2D eigenvalue weighted by molar-refractivity contribution is 6.31. The van der Waals surface area contributed by atoms with Crippen LogP contribution in [0.3, 0.4) is 0 Å². The van der Waals surface area contributed by atoms with E-state index in [1.807, 2.05) is 24.3 Å². The summed E-state index contributed by atoms with van der Waals surface area (Å²) in [6.45, 7) is 0. The molecule has 2 nitrogen and oxygen atoms in total. The van der Waals surface area contributed by atoms with Crippen LogP contribution in [0, 0.1) is 0 Å². The number of nitrogens with zero attached hydrogens (tertiary/aromatic N) is 1. The number of hydrogen-bond acceptors (Lipinski definition) is 2. The molecule has 0 atom stereocenters. The van der Waals surface area contributed by atoms with Crippen LogP contribution in [0.5, 0.6) is 5.88 Å². The van der Waals surface area contributed by atoms with Crippen molar-refractivity contribution in [2.45, 2.75) is 12.8 Å². The van der Waals surface area contributed by atoms with E-state index in [0.717, 1.165) is 18.5 Å². The molecule has 1 heterocycles. The third-order valence-electron chi connectivity index (χ3n) is 2.40. The zero-order chi connectivity index (χ0) is 11.4.